The van der Waals surface area contributed by atoms with Crippen molar-refractivity contribution in [3.05, 3.63) is 93.5 Å². The van der Waals surface area contributed by atoms with Gasteiger partial charge in [-0.3, -0.25) is 14.4 Å². The van der Waals surface area contributed by atoms with Crippen LogP contribution in [0.25, 0.3) is 11.1 Å². The fraction of sp³-hybridized carbons (Fsp3) is 0.125. The third-order valence-corrected chi connectivity index (χ3v) is 6.60. The molecule has 2 heterocycles. The molecule has 0 N–H and O–H groups in total. The molecule has 2 aromatic carbocycles. The molecule has 4 nitrogen and oxygen atoms in total. The predicted octanol–water partition coefficient (Wildman–Crippen LogP) is 4.31. The Hall–Kier alpha value is -3.05. The molecule has 29 heavy (non-hydrogen) atoms. The van der Waals surface area contributed by atoms with Crippen molar-refractivity contribution < 1.29 is 14.4 Å². The van der Waals surface area contributed by atoms with Crippen molar-refractivity contribution in [1.82, 2.24) is 4.90 Å². The fourth-order valence-corrected chi connectivity index (χ4v) is 5.27. The summed E-state index contributed by atoms with van der Waals surface area (Å²) in [6.07, 6.45) is 5.00. The van der Waals surface area contributed by atoms with E-state index >= 15 is 0 Å². The van der Waals surface area contributed by atoms with Gasteiger partial charge in [-0.05, 0) is 63.3 Å². The first kappa shape index (κ1) is 18.0. The lowest BCUT2D eigenvalue weighted by Crippen LogP contribution is -2.50. The third-order valence-electron chi connectivity index (χ3n) is 5.86. The summed E-state index contributed by atoms with van der Waals surface area (Å²) in [4.78, 5) is 39.1. The number of hydrogen-bond acceptors (Lipinski definition) is 3. The van der Waals surface area contributed by atoms with Gasteiger partial charge in [0.1, 0.15) is 5.54 Å². The van der Waals surface area contributed by atoms with Gasteiger partial charge in [-0.2, -0.15) is 0 Å². The minimum absolute atomic E-state index is 0.0118. The van der Waals surface area contributed by atoms with E-state index in [-0.39, 0.29) is 17.5 Å². The van der Waals surface area contributed by atoms with Crippen LogP contribution in [0.15, 0.2) is 71.2 Å². The highest BCUT2D eigenvalue weighted by Gasteiger charge is 2.55. The molecule has 1 spiro atoms. The van der Waals surface area contributed by atoms with Gasteiger partial charge in [0.2, 0.25) is 0 Å². The summed E-state index contributed by atoms with van der Waals surface area (Å²) >= 11 is 3.54. The average Bonchev–Trinajstić information content (AvgIpc) is 2.94. The molecule has 0 saturated heterocycles. The van der Waals surface area contributed by atoms with Gasteiger partial charge in [-0.1, -0.05) is 48.5 Å². The first-order valence-corrected chi connectivity index (χ1v) is 10.1. The van der Waals surface area contributed by atoms with Gasteiger partial charge in [0, 0.05) is 17.7 Å². The minimum atomic E-state index is -0.851. The Kier molecular flexibility index (Phi) is 3.87. The van der Waals surface area contributed by atoms with E-state index in [4.69, 9.17) is 0 Å². The highest BCUT2D eigenvalue weighted by Crippen LogP contribution is 2.56. The molecule has 2 aromatic rings. The lowest BCUT2D eigenvalue weighted by atomic mass is 9.70. The minimum Gasteiger partial charge on any atom is -0.316 e. The topological polar surface area (TPSA) is 54.5 Å². The van der Waals surface area contributed by atoms with E-state index in [9.17, 15) is 14.4 Å². The van der Waals surface area contributed by atoms with Crippen LogP contribution in [0.5, 0.6) is 0 Å². The summed E-state index contributed by atoms with van der Waals surface area (Å²) in [6, 6.07) is 15.1. The monoisotopic (exact) mass is 445 g/mol. The molecule has 142 valence electrons. The molecule has 0 bridgehead atoms. The molecule has 5 rings (SSSR count). The van der Waals surface area contributed by atoms with E-state index in [2.05, 4.69) is 15.9 Å². The van der Waals surface area contributed by atoms with E-state index in [1.54, 1.807) is 18.2 Å². The van der Waals surface area contributed by atoms with Gasteiger partial charge in [-0.15, -0.1) is 0 Å². The van der Waals surface area contributed by atoms with E-state index in [1.807, 2.05) is 47.4 Å². The highest BCUT2D eigenvalue weighted by atomic mass is 79.9. The summed E-state index contributed by atoms with van der Waals surface area (Å²) in [7, 11) is 0. The van der Waals surface area contributed by atoms with Crippen molar-refractivity contribution in [2.45, 2.75) is 19.0 Å². The quantitative estimate of drug-likeness (QED) is 0.647. The molecule has 1 atom stereocenters. The lowest BCUT2D eigenvalue weighted by molar-refractivity contribution is -0.127. The van der Waals surface area contributed by atoms with Crippen LogP contribution in [-0.4, -0.2) is 27.9 Å². The molecule has 0 radical (unpaired) electrons. The zero-order chi connectivity index (χ0) is 20.3. The molecule has 3 aliphatic rings. The van der Waals surface area contributed by atoms with Crippen LogP contribution in [0.1, 0.15) is 34.0 Å². The Labute approximate surface area is 176 Å². The van der Waals surface area contributed by atoms with Crippen LogP contribution >= 0.6 is 15.9 Å². The molecule has 5 heteroatoms. The zero-order valence-corrected chi connectivity index (χ0v) is 17.2. The summed E-state index contributed by atoms with van der Waals surface area (Å²) in [5.74, 6) is -0.221. The van der Waals surface area contributed by atoms with Crippen LogP contribution in [0.2, 0.25) is 0 Å². The number of allylic oxidation sites excluding steroid dienone is 2. The van der Waals surface area contributed by atoms with E-state index in [1.165, 1.54) is 13.0 Å². The number of benzene rings is 2. The Morgan fingerprint density at radius 3 is 2.52 bits per heavy atom. The maximum Gasteiger partial charge on any atom is 0.262 e. The normalized spacial score (nSPS) is 22.3. The smallest absolute Gasteiger partial charge is 0.262 e. The standard InChI is InChI=1S/C24H16BrNO3/c1-14(27)15-6-8-16(9-7-15)21-22(25)23(29)26-13-17-4-2-3-5-19(17)20-12-18(28)10-11-24(20,21)26/h2-12H,13H2,1H3. The van der Waals surface area contributed by atoms with Crippen molar-refractivity contribution in [3.8, 4) is 0 Å². The van der Waals surface area contributed by atoms with Gasteiger partial charge in [0.15, 0.2) is 11.6 Å². The average molecular weight is 446 g/mol. The number of hydrogen-bond donors (Lipinski definition) is 0. The molecular formula is C24H16BrNO3. The van der Waals surface area contributed by atoms with E-state index in [0.29, 0.717) is 16.6 Å². The Morgan fingerprint density at radius 2 is 1.79 bits per heavy atom. The molecule has 2 aliphatic heterocycles. The largest absolute Gasteiger partial charge is 0.316 e. The molecular weight excluding hydrogens is 430 g/mol. The van der Waals surface area contributed by atoms with Gasteiger partial charge in [0.05, 0.1) is 4.48 Å². The Bertz CT molecular complexity index is 1200. The van der Waals surface area contributed by atoms with Crippen LogP contribution < -0.4 is 0 Å². The number of amides is 1. The number of halogens is 1. The van der Waals surface area contributed by atoms with Gasteiger partial charge >= 0.3 is 0 Å². The number of fused-ring (bicyclic) bond motifs is 2. The number of Topliss-reactive ketones (excluding diaryl/α,β-unsaturated/α-hetero) is 1. The number of nitrogens with zero attached hydrogens (tertiary/aromatic N) is 1. The zero-order valence-electron chi connectivity index (χ0n) is 15.6. The van der Waals surface area contributed by atoms with E-state index in [0.717, 1.165) is 27.8 Å². The van der Waals surface area contributed by atoms with Gasteiger partial charge in [-0.25, -0.2) is 0 Å². The second kappa shape index (κ2) is 6.22. The summed E-state index contributed by atoms with van der Waals surface area (Å²) < 4.78 is 0.478. The van der Waals surface area contributed by atoms with Crippen molar-refractivity contribution in [2.24, 2.45) is 0 Å². The van der Waals surface area contributed by atoms with Crippen molar-refractivity contribution in [1.29, 1.82) is 0 Å². The van der Waals surface area contributed by atoms with Crippen LogP contribution in [0.4, 0.5) is 0 Å². The van der Waals surface area contributed by atoms with Crippen LogP contribution in [0.3, 0.4) is 0 Å². The van der Waals surface area contributed by atoms with Crippen LogP contribution in [0, 0.1) is 0 Å². The molecule has 0 saturated carbocycles. The molecule has 1 aliphatic carbocycles. The molecule has 0 aromatic heterocycles. The van der Waals surface area contributed by atoms with E-state index < -0.39 is 5.54 Å². The Balaban J connectivity index is 1.78. The molecule has 1 amide bonds. The van der Waals surface area contributed by atoms with Crippen molar-refractivity contribution >= 4 is 44.5 Å². The number of carbonyl (C=O) groups is 3. The van der Waals surface area contributed by atoms with Crippen molar-refractivity contribution in [2.75, 3.05) is 0 Å². The number of rotatable bonds is 2. The fourth-order valence-electron chi connectivity index (χ4n) is 4.52. The summed E-state index contributed by atoms with van der Waals surface area (Å²) in [5.41, 5.74) is 4.19. The first-order valence-electron chi connectivity index (χ1n) is 9.31. The summed E-state index contributed by atoms with van der Waals surface area (Å²) in [5, 5.41) is 0. The van der Waals surface area contributed by atoms with Crippen molar-refractivity contribution in [3.63, 3.8) is 0 Å². The van der Waals surface area contributed by atoms with Crippen LogP contribution in [-0.2, 0) is 16.1 Å². The SMILES string of the molecule is CC(=O)c1ccc(C2=C(Br)C(=O)N3Cc4ccccc4C4=CC(=O)C=CC423)cc1. The first-order chi connectivity index (χ1) is 13.9. The number of carbonyl (C=O) groups excluding carboxylic acids is 3. The second-order valence-corrected chi connectivity index (χ2v) is 8.22. The maximum absolute atomic E-state index is 13.3. The van der Waals surface area contributed by atoms with Gasteiger partial charge < -0.3 is 4.90 Å². The Morgan fingerprint density at radius 1 is 1.07 bits per heavy atom. The molecule has 1 unspecified atom stereocenters. The maximum atomic E-state index is 13.3. The highest BCUT2D eigenvalue weighted by molar-refractivity contribution is 9.12. The summed E-state index contributed by atoms with van der Waals surface area (Å²) in [6.45, 7) is 1.98. The second-order valence-electron chi connectivity index (χ2n) is 7.43. The molecule has 0 fully saturated rings. The third kappa shape index (κ3) is 2.40. The number of ketones is 2. The predicted molar refractivity (Wildman–Crippen MR) is 114 cm³/mol. The lowest BCUT2D eigenvalue weighted by Gasteiger charge is -2.46. The van der Waals surface area contributed by atoms with Gasteiger partial charge in [0.25, 0.3) is 5.91 Å².